The molecule has 0 amide bonds. The summed E-state index contributed by atoms with van der Waals surface area (Å²) in [6, 6.07) is 9.78. The fourth-order valence-electron chi connectivity index (χ4n) is 1.31. The maximum absolute atomic E-state index is 9.21. The first-order chi connectivity index (χ1) is 7.40. The molecule has 0 bridgehead atoms. The molecule has 0 unspecified atom stereocenters. The van der Waals surface area contributed by atoms with Crippen LogP contribution in [0.3, 0.4) is 0 Å². The number of hydrogen-bond acceptors (Lipinski definition) is 3. The molecule has 0 aliphatic rings. The summed E-state index contributed by atoms with van der Waals surface area (Å²) in [6.07, 6.45) is 3.48. The average Bonchev–Trinajstić information content (AvgIpc) is 2.81. The van der Waals surface area contributed by atoms with Crippen molar-refractivity contribution in [3.8, 4) is 0 Å². The topological polar surface area (TPSA) is 61.8 Å². The van der Waals surface area contributed by atoms with Crippen LogP contribution in [0.25, 0.3) is 11.6 Å². The van der Waals surface area contributed by atoms with Crippen molar-refractivity contribution in [2.24, 2.45) is 0 Å². The Morgan fingerprint density at radius 1 is 1.33 bits per heavy atom. The van der Waals surface area contributed by atoms with Gasteiger partial charge < -0.3 is 5.11 Å². The molecule has 0 aliphatic heterocycles. The van der Waals surface area contributed by atoms with Crippen LogP contribution >= 0.6 is 0 Å². The van der Waals surface area contributed by atoms with Crippen LogP contribution in [0.4, 0.5) is 0 Å². The Kier molecular flexibility index (Phi) is 2.90. The molecule has 1 aromatic heterocycles. The van der Waals surface area contributed by atoms with E-state index in [0.29, 0.717) is 5.69 Å². The van der Waals surface area contributed by atoms with E-state index in [1.165, 1.54) is 0 Å². The van der Waals surface area contributed by atoms with Gasteiger partial charge in [-0.05, 0) is 11.6 Å². The van der Waals surface area contributed by atoms with E-state index in [0.717, 1.165) is 11.1 Å². The van der Waals surface area contributed by atoms with Gasteiger partial charge in [0.1, 0.15) is 5.69 Å². The van der Waals surface area contributed by atoms with E-state index in [1.54, 1.807) is 6.20 Å². The molecule has 0 saturated heterocycles. The van der Waals surface area contributed by atoms with Crippen molar-refractivity contribution >= 4 is 11.6 Å². The largest absolute Gasteiger partial charge is 0.392 e. The van der Waals surface area contributed by atoms with Crippen molar-refractivity contribution < 1.29 is 5.11 Å². The van der Waals surface area contributed by atoms with Gasteiger partial charge in [-0.3, -0.25) is 0 Å². The molecular formula is C11H11N3O. The number of rotatable bonds is 3. The molecule has 2 N–H and O–H groups in total. The molecule has 0 radical (unpaired) electrons. The summed E-state index contributed by atoms with van der Waals surface area (Å²) in [5, 5.41) is 19.4. The first-order valence-corrected chi connectivity index (χ1v) is 4.63. The van der Waals surface area contributed by atoms with Crippen LogP contribution in [0.15, 0.2) is 36.5 Å². The highest BCUT2D eigenvalue weighted by atomic mass is 16.3. The minimum Gasteiger partial charge on any atom is -0.392 e. The van der Waals surface area contributed by atoms with Crippen molar-refractivity contribution in [2.45, 2.75) is 0 Å². The number of aliphatic hydroxyl groups is 1. The Labute approximate surface area is 87.3 Å². The monoisotopic (exact) mass is 201 g/mol. The zero-order valence-corrected chi connectivity index (χ0v) is 8.09. The number of benzene rings is 1. The predicted molar refractivity (Wildman–Crippen MR) is 57.8 cm³/mol. The summed E-state index contributed by atoms with van der Waals surface area (Å²) in [5.74, 6) is 0. The van der Waals surface area contributed by atoms with Gasteiger partial charge >= 0.3 is 0 Å². The second-order valence-electron chi connectivity index (χ2n) is 3.09. The lowest BCUT2D eigenvalue weighted by Gasteiger charge is -1.99. The van der Waals surface area contributed by atoms with Crippen LogP contribution in [0, 0.1) is 0 Å². The fraction of sp³-hybridized carbons (Fsp3) is 0.0909. The average molecular weight is 201 g/mol. The first kappa shape index (κ1) is 9.61. The summed E-state index contributed by atoms with van der Waals surface area (Å²) in [7, 11) is 0. The summed E-state index contributed by atoms with van der Waals surface area (Å²) >= 11 is 0. The van der Waals surface area contributed by atoms with E-state index in [-0.39, 0.29) is 6.61 Å². The molecule has 1 aromatic carbocycles. The Morgan fingerprint density at radius 3 is 2.73 bits per heavy atom. The van der Waals surface area contributed by atoms with E-state index >= 15 is 0 Å². The maximum Gasteiger partial charge on any atom is 0.111 e. The smallest absolute Gasteiger partial charge is 0.111 e. The third-order valence-electron chi connectivity index (χ3n) is 2.05. The Hall–Kier alpha value is -1.94. The highest BCUT2D eigenvalue weighted by molar-refractivity contribution is 5.79. The van der Waals surface area contributed by atoms with Crippen LogP contribution in [0.2, 0.25) is 0 Å². The summed E-state index contributed by atoms with van der Waals surface area (Å²) in [4.78, 5) is 0. The van der Waals surface area contributed by atoms with Crippen molar-refractivity contribution in [3.63, 3.8) is 0 Å². The summed E-state index contributed by atoms with van der Waals surface area (Å²) < 4.78 is 0. The van der Waals surface area contributed by atoms with E-state index < -0.39 is 0 Å². The number of hydrogen-bond donors (Lipinski definition) is 2. The van der Waals surface area contributed by atoms with Crippen LogP contribution in [0.1, 0.15) is 11.3 Å². The second-order valence-corrected chi connectivity index (χ2v) is 3.09. The van der Waals surface area contributed by atoms with Gasteiger partial charge in [0, 0.05) is 5.57 Å². The lowest BCUT2D eigenvalue weighted by molar-refractivity contribution is 0.350. The van der Waals surface area contributed by atoms with E-state index in [1.807, 2.05) is 36.4 Å². The number of H-pyrrole nitrogens is 1. The number of nitrogens with zero attached hydrogens (tertiary/aromatic N) is 2. The lowest BCUT2D eigenvalue weighted by atomic mass is 10.1. The predicted octanol–water partition coefficient (Wildman–Crippen LogP) is 1.34. The molecule has 0 spiro atoms. The normalized spacial score (nSPS) is 11.7. The van der Waals surface area contributed by atoms with Gasteiger partial charge in [0.25, 0.3) is 0 Å². The molecule has 76 valence electrons. The minimum atomic E-state index is -0.0541. The molecule has 2 rings (SSSR count). The van der Waals surface area contributed by atoms with Crippen LogP contribution in [0.5, 0.6) is 0 Å². The van der Waals surface area contributed by atoms with Crippen molar-refractivity contribution in [1.82, 2.24) is 15.4 Å². The van der Waals surface area contributed by atoms with E-state index in [2.05, 4.69) is 15.4 Å². The number of aliphatic hydroxyl groups excluding tert-OH is 1. The Balaban J connectivity index is 2.32. The molecule has 0 fully saturated rings. The van der Waals surface area contributed by atoms with Gasteiger partial charge in [0.05, 0.1) is 12.8 Å². The minimum absolute atomic E-state index is 0.0541. The molecule has 4 nitrogen and oxygen atoms in total. The van der Waals surface area contributed by atoms with E-state index in [4.69, 9.17) is 0 Å². The number of aromatic amines is 1. The molecule has 0 atom stereocenters. The molecule has 4 heteroatoms. The van der Waals surface area contributed by atoms with E-state index in [9.17, 15) is 5.11 Å². The standard InChI is InChI=1S/C11H11N3O/c15-8-10(11-7-12-14-13-11)6-9-4-2-1-3-5-9/h1-7,15H,8H2,(H,12,13,14). The van der Waals surface area contributed by atoms with Gasteiger partial charge in [-0.1, -0.05) is 30.3 Å². The van der Waals surface area contributed by atoms with Gasteiger partial charge in [-0.2, -0.15) is 15.4 Å². The number of aromatic nitrogens is 3. The third-order valence-corrected chi connectivity index (χ3v) is 2.05. The third kappa shape index (κ3) is 2.30. The fourth-order valence-corrected chi connectivity index (χ4v) is 1.31. The van der Waals surface area contributed by atoms with Gasteiger partial charge in [-0.15, -0.1) is 0 Å². The lowest BCUT2D eigenvalue weighted by Crippen LogP contribution is -1.90. The van der Waals surface area contributed by atoms with Crippen molar-refractivity contribution in [3.05, 3.63) is 47.8 Å². The van der Waals surface area contributed by atoms with Gasteiger partial charge in [0.2, 0.25) is 0 Å². The molecular weight excluding hydrogens is 190 g/mol. The number of nitrogens with one attached hydrogen (secondary N) is 1. The highest BCUT2D eigenvalue weighted by Gasteiger charge is 2.02. The van der Waals surface area contributed by atoms with Crippen LogP contribution < -0.4 is 0 Å². The maximum atomic E-state index is 9.21. The zero-order valence-electron chi connectivity index (χ0n) is 8.09. The van der Waals surface area contributed by atoms with Gasteiger partial charge in [0.15, 0.2) is 0 Å². The highest BCUT2D eigenvalue weighted by Crippen LogP contribution is 2.14. The summed E-state index contributed by atoms with van der Waals surface area (Å²) in [5.41, 5.74) is 2.45. The first-order valence-electron chi connectivity index (χ1n) is 4.63. The van der Waals surface area contributed by atoms with Crippen LogP contribution in [-0.2, 0) is 0 Å². The Morgan fingerprint density at radius 2 is 2.13 bits per heavy atom. The van der Waals surface area contributed by atoms with Gasteiger partial charge in [-0.25, -0.2) is 0 Å². The van der Waals surface area contributed by atoms with Crippen LogP contribution in [-0.4, -0.2) is 27.1 Å². The molecule has 1 heterocycles. The van der Waals surface area contributed by atoms with Crippen molar-refractivity contribution in [2.75, 3.05) is 6.61 Å². The SMILES string of the molecule is OCC(=Cc1ccccc1)c1cn[nH]n1. The molecule has 2 aromatic rings. The molecule has 15 heavy (non-hydrogen) atoms. The molecule has 0 saturated carbocycles. The molecule has 0 aliphatic carbocycles. The Bertz CT molecular complexity index is 434. The second kappa shape index (κ2) is 4.52. The quantitative estimate of drug-likeness (QED) is 0.787. The van der Waals surface area contributed by atoms with Crippen molar-refractivity contribution in [1.29, 1.82) is 0 Å². The zero-order chi connectivity index (χ0) is 10.5. The summed E-state index contributed by atoms with van der Waals surface area (Å²) in [6.45, 7) is -0.0541.